The van der Waals surface area contributed by atoms with Crippen LogP contribution in [0.25, 0.3) is 16.9 Å². The van der Waals surface area contributed by atoms with Gasteiger partial charge >= 0.3 is 17.6 Å². The van der Waals surface area contributed by atoms with Crippen molar-refractivity contribution in [1.82, 2.24) is 19.7 Å². The molecule has 0 bridgehead atoms. The molecule has 2 aromatic heterocycles. The van der Waals surface area contributed by atoms with E-state index in [0.717, 1.165) is 22.2 Å². The molecule has 10 nitrogen and oxygen atoms in total. The van der Waals surface area contributed by atoms with Crippen LogP contribution in [0.4, 0.5) is 0 Å². The highest BCUT2D eigenvalue weighted by molar-refractivity contribution is 7.14. The minimum atomic E-state index is -0.982. The number of hydrogen-bond donors (Lipinski definition) is 1. The highest BCUT2D eigenvalue weighted by atomic mass is 35.5. The van der Waals surface area contributed by atoms with E-state index in [4.69, 9.17) is 37.7 Å². The molecular formula is C27H22Cl2N4O6S. The van der Waals surface area contributed by atoms with Gasteiger partial charge in [-0.3, -0.25) is 9.78 Å². The average Bonchev–Trinajstić information content (AvgIpc) is 3.37. The lowest BCUT2D eigenvalue weighted by Gasteiger charge is -2.26. The van der Waals surface area contributed by atoms with Gasteiger partial charge in [-0.2, -0.15) is 9.78 Å². The number of esters is 2. The number of aromatic amines is 1. The Morgan fingerprint density at radius 3 is 2.50 bits per heavy atom. The van der Waals surface area contributed by atoms with Crippen molar-refractivity contribution < 1.29 is 19.1 Å². The zero-order valence-corrected chi connectivity index (χ0v) is 23.6. The van der Waals surface area contributed by atoms with E-state index in [-0.39, 0.29) is 20.6 Å². The molecule has 0 saturated carbocycles. The Kier molecular flexibility index (Phi) is 7.63. The molecule has 2 aromatic carbocycles. The molecule has 1 N–H and O–H groups in total. The molecule has 1 fully saturated rings. The Labute approximate surface area is 241 Å². The summed E-state index contributed by atoms with van der Waals surface area (Å²) in [5.74, 6) is -1.25. The van der Waals surface area contributed by atoms with Crippen LogP contribution >= 0.6 is 34.5 Å². The van der Waals surface area contributed by atoms with Crippen LogP contribution in [0.3, 0.4) is 0 Å². The van der Waals surface area contributed by atoms with E-state index in [2.05, 4.69) is 10.1 Å². The fourth-order valence-electron chi connectivity index (χ4n) is 4.38. The number of H-pyrrole nitrogens is 1. The first-order valence-electron chi connectivity index (χ1n) is 12.2. The van der Waals surface area contributed by atoms with Crippen LogP contribution in [0.2, 0.25) is 10.0 Å². The maximum atomic E-state index is 13.3. The maximum Gasteiger partial charge on any atom is 0.351 e. The molecule has 1 saturated heterocycles. The number of hydrogen-bond acceptors (Lipinski definition) is 9. The number of nitrogens with one attached hydrogen (secondary N) is 1. The molecule has 4 aromatic rings. The maximum absolute atomic E-state index is 13.3. The number of carbonyl (C=O) groups excluding carboxylic acids is 2. The van der Waals surface area contributed by atoms with Gasteiger partial charge in [0.05, 0.1) is 18.0 Å². The number of thiazole rings is 1. The number of carbonyl (C=O) groups is 2. The largest absolute Gasteiger partial charge is 0.463 e. The lowest BCUT2D eigenvalue weighted by atomic mass is 9.85. The smallest absolute Gasteiger partial charge is 0.351 e. The molecule has 0 radical (unpaired) electrons. The van der Waals surface area contributed by atoms with Crippen molar-refractivity contribution in [2.24, 2.45) is 0 Å². The van der Waals surface area contributed by atoms with Gasteiger partial charge in [0, 0.05) is 26.6 Å². The molecule has 5 rings (SSSR count). The Hall–Kier alpha value is -3.80. The molecule has 206 valence electrons. The van der Waals surface area contributed by atoms with E-state index in [1.807, 2.05) is 44.2 Å². The first-order valence-corrected chi connectivity index (χ1v) is 13.8. The van der Waals surface area contributed by atoms with Crippen molar-refractivity contribution in [1.29, 1.82) is 0 Å². The minimum Gasteiger partial charge on any atom is -0.463 e. The van der Waals surface area contributed by atoms with E-state index >= 15 is 0 Å². The normalized spacial score (nSPS) is 15.5. The van der Waals surface area contributed by atoms with Gasteiger partial charge in [0.2, 0.25) is 0 Å². The summed E-state index contributed by atoms with van der Waals surface area (Å²) in [5.41, 5.74) is -0.449. The van der Waals surface area contributed by atoms with Crippen LogP contribution in [0.5, 0.6) is 0 Å². The summed E-state index contributed by atoms with van der Waals surface area (Å²) >= 11 is 14.5. The first-order chi connectivity index (χ1) is 19.1. The third-order valence-electron chi connectivity index (χ3n) is 6.37. The van der Waals surface area contributed by atoms with Crippen LogP contribution in [-0.2, 0) is 19.7 Å². The number of rotatable bonds is 6. The van der Waals surface area contributed by atoms with Gasteiger partial charge in [0.15, 0.2) is 6.10 Å². The molecule has 13 heteroatoms. The molecular weight excluding hydrogens is 579 g/mol. The quantitative estimate of drug-likeness (QED) is 0.319. The Balaban J connectivity index is 1.57. The number of cyclic esters (lactones) is 1. The summed E-state index contributed by atoms with van der Waals surface area (Å²) in [6.45, 7) is 4.01. The SMILES string of the molecule is CC(C)(c1nc(-c2ccccc2)c(C(=O)OC2CCCOC2=O)s1)c1c(Cl)cc(-n2ncc(=O)[nH]c2=O)cc1Cl. The van der Waals surface area contributed by atoms with Crippen LogP contribution in [0, 0.1) is 0 Å². The van der Waals surface area contributed by atoms with Crippen LogP contribution < -0.4 is 11.2 Å². The van der Waals surface area contributed by atoms with Gasteiger partial charge in [0.25, 0.3) is 5.56 Å². The molecule has 1 unspecified atom stereocenters. The van der Waals surface area contributed by atoms with Crippen molar-refractivity contribution in [2.75, 3.05) is 6.61 Å². The van der Waals surface area contributed by atoms with Crippen molar-refractivity contribution >= 4 is 46.5 Å². The van der Waals surface area contributed by atoms with Gasteiger partial charge in [-0.25, -0.2) is 19.4 Å². The summed E-state index contributed by atoms with van der Waals surface area (Å²) in [5, 5.41) is 4.80. The zero-order valence-electron chi connectivity index (χ0n) is 21.3. The number of benzene rings is 2. The van der Waals surface area contributed by atoms with E-state index in [1.165, 1.54) is 12.1 Å². The number of aromatic nitrogens is 4. The number of halogens is 2. The van der Waals surface area contributed by atoms with E-state index in [1.54, 1.807) is 0 Å². The molecule has 40 heavy (non-hydrogen) atoms. The molecule has 1 aliphatic rings. The summed E-state index contributed by atoms with van der Waals surface area (Å²) < 4.78 is 11.6. The standard InChI is InChI=1S/C27H22Cl2N4O6S/c1-27(2,20-16(28)11-15(12-17(20)29)33-26(37)31-19(34)13-30-33)25-32-21(14-7-4-3-5-8-14)22(40-25)24(36)39-18-9-6-10-38-23(18)35/h3-5,7-8,11-13,18H,6,9-10H2,1-2H3,(H,31,34,37). The van der Waals surface area contributed by atoms with Crippen molar-refractivity contribution in [3.8, 4) is 16.9 Å². The number of ether oxygens (including phenoxy) is 2. The van der Waals surface area contributed by atoms with Gasteiger partial charge in [-0.1, -0.05) is 53.5 Å². The zero-order chi connectivity index (χ0) is 28.6. The van der Waals surface area contributed by atoms with Gasteiger partial charge in [0.1, 0.15) is 16.1 Å². The topological polar surface area (TPSA) is 133 Å². The molecule has 0 spiro atoms. The van der Waals surface area contributed by atoms with Gasteiger partial charge < -0.3 is 9.47 Å². The second kappa shape index (κ2) is 11.0. The highest BCUT2D eigenvalue weighted by Crippen LogP contribution is 2.44. The molecule has 0 aliphatic carbocycles. The Bertz CT molecular complexity index is 1710. The van der Waals surface area contributed by atoms with Crippen LogP contribution in [0.1, 0.15) is 46.9 Å². The van der Waals surface area contributed by atoms with Crippen LogP contribution in [0.15, 0.2) is 58.3 Å². The van der Waals surface area contributed by atoms with Crippen molar-refractivity contribution in [3.05, 3.63) is 95.0 Å². The summed E-state index contributed by atoms with van der Waals surface area (Å²) in [6, 6.07) is 12.2. The van der Waals surface area contributed by atoms with E-state index in [9.17, 15) is 19.2 Å². The monoisotopic (exact) mass is 600 g/mol. The Morgan fingerprint density at radius 2 is 1.85 bits per heavy atom. The van der Waals surface area contributed by atoms with Gasteiger partial charge in [-0.05, 0) is 38.8 Å². The average molecular weight is 601 g/mol. The van der Waals surface area contributed by atoms with E-state index < -0.39 is 34.7 Å². The molecule has 1 aliphatic heterocycles. The summed E-state index contributed by atoms with van der Waals surface area (Å²) in [4.78, 5) is 56.3. The summed E-state index contributed by atoms with van der Waals surface area (Å²) in [6.07, 6.45) is 0.969. The lowest BCUT2D eigenvalue weighted by molar-refractivity contribution is -0.159. The highest BCUT2D eigenvalue weighted by Gasteiger charge is 2.36. The third-order valence-corrected chi connectivity index (χ3v) is 8.33. The summed E-state index contributed by atoms with van der Waals surface area (Å²) in [7, 11) is 0. The molecule has 0 amide bonds. The minimum absolute atomic E-state index is 0.220. The predicted octanol–water partition coefficient (Wildman–Crippen LogP) is 4.54. The van der Waals surface area contributed by atoms with Crippen molar-refractivity contribution in [3.63, 3.8) is 0 Å². The third kappa shape index (κ3) is 5.32. The first kappa shape index (κ1) is 27.8. The van der Waals surface area contributed by atoms with Crippen LogP contribution in [-0.4, -0.2) is 44.4 Å². The van der Waals surface area contributed by atoms with Crippen molar-refractivity contribution in [2.45, 2.75) is 38.2 Å². The molecule has 1 atom stereocenters. The van der Waals surface area contributed by atoms with Gasteiger partial charge in [-0.15, -0.1) is 11.3 Å². The van der Waals surface area contributed by atoms with E-state index in [0.29, 0.717) is 41.3 Å². The number of nitrogens with zero attached hydrogens (tertiary/aromatic N) is 3. The molecule has 3 heterocycles. The fraction of sp³-hybridized carbons (Fsp3) is 0.259. The fourth-order valence-corrected chi connectivity index (χ4v) is 6.41. The lowest BCUT2D eigenvalue weighted by Crippen LogP contribution is -2.33. The Morgan fingerprint density at radius 1 is 1.15 bits per heavy atom. The second-order valence-corrected chi connectivity index (χ2v) is 11.3. The predicted molar refractivity (Wildman–Crippen MR) is 150 cm³/mol. The second-order valence-electron chi connectivity index (χ2n) is 9.53.